The summed E-state index contributed by atoms with van der Waals surface area (Å²) in [5.74, 6) is 2.79. The van der Waals surface area contributed by atoms with E-state index < -0.39 is 0 Å². The van der Waals surface area contributed by atoms with Gasteiger partial charge in [0.15, 0.2) is 0 Å². The fourth-order valence-electron chi connectivity index (χ4n) is 17.2. The van der Waals surface area contributed by atoms with Gasteiger partial charge in [-0.25, -0.2) is 0 Å². The molecule has 0 heterocycles. The molecule has 0 radical (unpaired) electrons. The zero-order chi connectivity index (χ0) is 81.3. The van der Waals surface area contributed by atoms with Gasteiger partial charge in [0.25, 0.3) is 0 Å². The molecule has 0 aliphatic carbocycles. The smallest absolute Gasteiger partial charge is 0.0294 e. The molecule has 0 bridgehead atoms. The average molecular weight is 1540 g/mol. The lowest BCUT2D eigenvalue weighted by molar-refractivity contribution is 0.295. The molecule has 0 saturated heterocycles. The highest BCUT2D eigenvalue weighted by atomic mass is 14.2. The van der Waals surface area contributed by atoms with E-state index in [1.54, 1.807) is 11.1 Å². The van der Waals surface area contributed by atoms with Gasteiger partial charge in [-0.15, -0.1) is 0 Å². The fourth-order valence-corrected chi connectivity index (χ4v) is 17.2. The summed E-state index contributed by atoms with van der Waals surface area (Å²) in [4.78, 5) is 0. The van der Waals surface area contributed by atoms with Crippen LogP contribution in [0.25, 0.3) is 0 Å². The molecule has 0 aliphatic rings. The van der Waals surface area contributed by atoms with Crippen LogP contribution in [-0.4, -0.2) is 0 Å². The van der Waals surface area contributed by atoms with Crippen molar-refractivity contribution in [1.82, 2.24) is 0 Å². The molecule has 0 nitrogen and oxygen atoms in total. The van der Waals surface area contributed by atoms with E-state index in [0.29, 0.717) is 0 Å². The Balaban J connectivity index is -0.000000711. The highest BCUT2D eigenvalue weighted by Gasteiger charge is 2.19. The Hall–Kier alpha value is -1.04. The predicted octanol–water partition coefficient (Wildman–Crippen LogP) is 42.6. The first kappa shape index (κ1) is 115. The molecule has 110 heavy (non-hydrogen) atoms. The summed E-state index contributed by atoms with van der Waals surface area (Å²) >= 11 is 0. The summed E-state index contributed by atoms with van der Waals surface area (Å²) in [6.45, 7) is 43.0. The highest BCUT2D eigenvalue weighted by molar-refractivity contribution is 4.98. The quantitative estimate of drug-likeness (QED) is 0.0421. The third kappa shape index (κ3) is 105. The Kier molecular flexibility index (Phi) is 111. The molecule has 0 aromatic rings. The largest absolute Gasteiger partial charge is 0.0999 e. The minimum absolute atomic E-state index is 0.901. The van der Waals surface area contributed by atoms with Crippen LogP contribution in [0.4, 0.5) is 0 Å². The van der Waals surface area contributed by atoms with Gasteiger partial charge in [-0.05, 0) is 114 Å². The molecule has 3 unspecified atom stereocenters. The molecule has 660 valence electrons. The van der Waals surface area contributed by atoms with Crippen LogP contribution in [0.5, 0.6) is 0 Å². The van der Waals surface area contributed by atoms with Crippen molar-refractivity contribution >= 4 is 0 Å². The maximum absolute atomic E-state index is 4.63. The normalized spacial score (nSPS) is 12.1. The molecule has 0 saturated carbocycles. The molecule has 0 fully saturated rings. The van der Waals surface area contributed by atoms with Crippen LogP contribution in [-0.2, 0) is 0 Å². The summed E-state index contributed by atoms with van der Waals surface area (Å²) in [5, 5.41) is 0. The lowest BCUT2D eigenvalue weighted by Crippen LogP contribution is -2.11. The Morgan fingerprint density at radius 1 is 0.136 bits per heavy atom. The van der Waals surface area contributed by atoms with Crippen molar-refractivity contribution in [1.29, 1.82) is 0 Å². The summed E-state index contributed by atoms with van der Waals surface area (Å²) < 4.78 is 0. The van der Waals surface area contributed by atoms with Crippen molar-refractivity contribution in [2.24, 2.45) is 17.8 Å². The number of hydrogen-bond acceptors (Lipinski definition) is 0. The van der Waals surface area contributed by atoms with Crippen LogP contribution in [0, 0.1) is 17.8 Å². The first-order chi connectivity index (χ1) is 54.0. The van der Waals surface area contributed by atoms with E-state index in [1.165, 1.54) is 576 Å². The summed E-state index contributed by atoms with van der Waals surface area (Å²) in [5.41, 5.74) is 6.15. The highest BCUT2D eigenvalue weighted by Crippen LogP contribution is 2.34. The molecular formula is C110H220. The molecule has 3 atom stereocenters. The molecule has 0 N–H and O–H groups in total. The van der Waals surface area contributed by atoms with Gasteiger partial charge in [-0.2, -0.15) is 0 Å². The van der Waals surface area contributed by atoms with Gasteiger partial charge in [0, 0.05) is 0 Å². The first-order valence-electron chi connectivity index (χ1n) is 52.7. The molecule has 0 spiro atoms. The zero-order valence-corrected chi connectivity index (χ0v) is 79.8. The Morgan fingerprint density at radius 2 is 0.264 bits per heavy atom. The summed E-state index contributed by atoms with van der Waals surface area (Å²) in [6, 6.07) is 0. The molecule has 0 rings (SSSR count). The van der Waals surface area contributed by atoms with Gasteiger partial charge in [0.05, 0.1) is 0 Å². The topological polar surface area (TPSA) is 0 Å². The van der Waals surface area contributed by atoms with E-state index in [1.807, 2.05) is 0 Å². The third-order valence-corrected chi connectivity index (χ3v) is 25.0. The van der Waals surface area contributed by atoms with Crippen molar-refractivity contribution in [3.8, 4) is 0 Å². The van der Waals surface area contributed by atoms with Gasteiger partial charge >= 0.3 is 0 Å². The van der Waals surface area contributed by atoms with Crippen molar-refractivity contribution in [2.45, 2.75) is 641 Å². The molecule has 0 heteroatoms. The molecular weight excluding hydrogens is 1320 g/mol. The molecule has 0 aliphatic heterocycles. The van der Waals surface area contributed by atoms with Crippen LogP contribution < -0.4 is 0 Å². The van der Waals surface area contributed by atoms with Crippen molar-refractivity contribution in [2.75, 3.05) is 0 Å². The predicted molar refractivity (Wildman–Crippen MR) is 516 cm³/mol. The average Bonchev–Trinajstić information content (AvgIpc) is 0.932. The third-order valence-electron chi connectivity index (χ3n) is 25.0. The first-order valence-corrected chi connectivity index (χ1v) is 52.7. The Morgan fingerprint density at radius 3 is 0.445 bits per heavy atom. The maximum Gasteiger partial charge on any atom is -0.0294 e. The van der Waals surface area contributed by atoms with Gasteiger partial charge in [-0.1, -0.05) is 593 Å². The van der Waals surface area contributed by atoms with E-state index in [-0.39, 0.29) is 0 Å². The number of rotatable bonds is 91. The standard InChI is InChI=1S/C40H80.C30H60.2C20H40/c1-6-10-14-18-22-23-27-30-34-39(33-29-25-20-16-12-8-3)37-40(35-31-26-21-17-13-9-4)36-38(5)32-28-24-19-15-11-7-2;1-5-8-11-14-17-18-21-24-27-30(26-23-20-16-13-10-7-3)28-29(4)25-22-19-15-12-9-6-2;2*1-4-6-8-10-12-13-15-17-19-20(3)18-16-14-11-9-7-5-2/h39-40H,5-37H2,1-4H3;30H,4-28H2,1-3H3;2*3-19H2,1-2H3. The van der Waals surface area contributed by atoms with Crippen molar-refractivity contribution in [3.63, 3.8) is 0 Å². The second kappa shape index (κ2) is 106. The zero-order valence-electron chi connectivity index (χ0n) is 79.8. The van der Waals surface area contributed by atoms with E-state index >= 15 is 0 Å². The number of unbranched alkanes of at least 4 members (excludes halogenated alkanes) is 63. The molecule has 0 amide bonds. The minimum atomic E-state index is 0.901. The van der Waals surface area contributed by atoms with Crippen molar-refractivity contribution in [3.05, 3.63) is 48.6 Å². The summed E-state index contributed by atoms with van der Waals surface area (Å²) in [7, 11) is 0. The van der Waals surface area contributed by atoms with Gasteiger partial charge < -0.3 is 0 Å². The fraction of sp³-hybridized carbons (Fsp3) is 0.927. The Bertz CT molecular complexity index is 1610. The van der Waals surface area contributed by atoms with Crippen LogP contribution in [0.15, 0.2) is 48.6 Å². The lowest BCUT2D eigenvalue weighted by Gasteiger charge is -2.25. The second-order valence-corrected chi connectivity index (χ2v) is 37.0. The lowest BCUT2D eigenvalue weighted by atomic mass is 9.81. The van der Waals surface area contributed by atoms with E-state index in [2.05, 4.69) is 102 Å². The van der Waals surface area contributed by atoms with E-state index in [9.17, 15) is 0 Å². The SMILES string of the molecule is C=C(CCCCCCCC)CC(CCCCCCCC)CC(CCCCCCCC)CCCCCCCCCC.C=C(CCCCCCCC)CC(CCCCCCCC)CCCCCCCCCC.C=C(CCCCCCCC)CCCCCCCCCC.C=C(CCCCCCCC)CCCCCCCCCC. The number of allylic oxidation sites excluding steroid dienone is 4. The van der Waals surface area contributed by atoms with Crippen LogP contribution >= 0.6 is 0 Å². The van der Waals surface area contributed by atoms with E-state index in [0.717, 1.165) is 17.8 Å². The van der Waals surface area contributed by atoms with Crippen LogP contribution in [0.1, 0.15) is 641 Å². The number of hydrogen-bond donors (Lipinski definition) is 0. The molecule has 0 aromatic carbocycles. The maximum atomic E-state index is 4.63. The summed E-state index contributed by atoms with van der Waals surface area (Å²) in [6.07, 6.45) is 125. The van der Waals surface area contributed by atoms with Gasteiger partial charge in [0.1, 0.15) is 0 Å². The van der Waals surface area contributed by atoms with Crippen LogP contribution in [0.3, 0.4) is 0 Å². The van der Waals surface area contributed by atoms with Crippen molar-refractivity contribution < 1.29 is 0 Å². The van der Waals surface area contributed by atoms with Crippen LogP contribution in [0.2, 0.25) is 0 Å². The second-order valence-electron chi connectivity index (χ2n) is 37.0. The molecule has 0 aromatic heterocycles. The van der Waals surface area contributed by atoms with Gasteiger partial charge in [0.2, 0.25) is 0 Å². The monoisotopic (exact) mass is 1540 g/mol. The minimum Gasteiger partial charge on any atom is -0.0999 e. The van der Waals surface area contributed by atoms with Gasteiger partial charge in [-0.3, -0.25) is 0 Å². The van der Waals surface area contributed by atoms with E-state index in [4.69, 9.17) is 0 Å². The Labute approximate surface area is 703 Å².